The minimum absolute atomic E-state index is 0.00722. The lowest BCUT2D eigenvalue weighted by molar-refractivity contribution is -0.146. The minimum Gasteiger partial charge on any atom is -0.452 e. The van der Waals surface area contributed by atoms with E-state index in [1.165, 1.54) is 26.2 Å². The molecule has 0 N–H and O–H groups in total. The van der Waals surface area contributed by atoms with Gasteiger partial charge in [-0.05, 0) is 38.5 Å². The van der Waals surface area contributed by atoms with Crippen molar-refractivity contribution < 1.29 is 27.5 Å². The quantitative estimate of drug-likeness (QED) is 0.688. The molecule has 0 unspecified atom stereocenters. The van der Waals surface area contributed by atoms with Crippen LogP contribution in [0, 0.1) is 6.92 Å². The monoisotopic (exact) mass is 398 g/mol. The predicted molar refractivity (Wildman–Crippen MR) is 98.9 cm³/mol. The van der Waals surface area contributed by atoms with Crippen molar-refractivity contribution in [3.63, 3.8) is 0 Å². The van der Waals surface area contributed by atoms with E-state index in [0.29, 0.717) is 18.7 Å². The highest BCUT2D eigenvalue weighted by molar-refractivity contribution is 7.89. The fourth-order valence-electron chi connectivity index (χ4n) is 2.87. The number of carbonyl (C=O) groups is 2. The smallest absolute Gasteiger partial charge is 0.338 e. The second kappa shape index (κ2) is 8.37. The van der Waals surface area contributed by atoms with Gasteiger partial charge in [0.25, 0.3) is 5.91 Å². The lowest BCUT2D eigenvalue weighted by atomic mass is 10.1. The first-order valence-electron chi connectivity index (χ1n) is 8.66. The Morgan fingerprint density at radius 2 is 1.81 bits per heavy atom. The molecule has 2 rings (SSSR count). The summed E-state index contributed by atoms with van der Waals surface area (Å²) in [6, 6.07) is 4.25. The number of morpholine rings is 1. The van der Waals surface area contributed by atoms with E-state index in [9.17, 15) is 18.0 Å². The van der Waals surface area contributed by atoms with Gasteiger partial charge in [-0.15, -0.1) is 0 Å². The molecule has 0 radical (unpaired) electrons. The summed E-state index contributed by atoms with van der Waals surface area (Å²) < 4.78 is 36.3. The molecule has 0 saturated carbocycles. The summed E-state index contributed by atoms with van der Waals surface area (Å²) >= 11 is 0. The van der Waals surface area contributed by atoms with Gasteiger partial charge in [0.1, 0.15) is 0 Å². The Labute approximate surface area is 160 Å². The Hall–Kier alpha value is -1.97. The zero-order valence-corrected chi connectivity index (χ0v) is 17.1. The second-order valence-electron chi connectivity index (χ2n) is 6.90. The minimum atomic E-state index is -3.67. The number of hydrogen-bond acceptors (Lipinski definition) is 6. The molecule has 1 aliphatic heterocycles. The Morgan fingerprint density at radius 3 is 2.37 bits per heavy atom. The zero-order valence-electron chi connectivity index (χ0n) is 16.3. The fourth-order valence-corrected chi connectivity index (χ4v) is 3.80. The first-order chi connectivity index (χ1) is 12.5. The molecule has 1 saturated heterocycles. The summed E-state index contributed by atoms with van der Waals surface area (Å²) in [7, 11) is -0.848. The van der Waals surface area contributed by atoms with Crippen LogP contribution in [0.2, 0.25) is 0 Å². The highest BCUT2D eigenvalue weighted by Gasteiger charge is 2.27. The van der Waals surface area contributed by atoms with E-state index < -0.39 is 22.6 Å². The molecule has 0 aromatic heterocycles. The normalized spacial score (nSPS) is 20.6. The summed E-state index contributed by atoms with van der Waals surface area (Å²) in [5.41, 5.74) is 0.688. The maximum absolute atomic E-state index is 12.4. The molecule has 1 aromatic carbocycles. The van der Waals surface area contributed by atoms with Gasteiger partial charge in [0.05, 0.1) is 22.7 Å². The van der Waals surface area contributed by atoms with Crippen molar-refractivity contribution in [2.24, 2.45) is 0 Å². The Bertz CT molecular complexity index is 811. The third-order valence-corrected chi connectivity index (χ3v) is 6.12. The first-order valence-corrected chi connectivity index (χ1v) is 10.1. The third-order valence-electron chi connectivity index (χ3n) is 4.31. The second-order valence-corrected chi connectivity index (χ2v) is 9.05. The summed E-state index contributed by atoms with van der Waals surface area (Å²) in [5.74, 6) is -1.04. The van der Waals surface area contributed by atoms with Gasteiger partial charge in [-0.3, -0.25) is 4.79 Å². The van der Waals surface area contributed by atoms with Crippen LogP contribution in [0.4, 0.5) is 0 Å². The molecule has 0 spiro atoms. The highest BCUT2D eigenvalue weighted by atomic mass is 32.2. The van der Waals surface area contributed by atoms with E-state index in [2.05, 4.69) is 0 Å². The lowest BCUT2D eigenvalue weighted by Gasteiger charge is -2.35. The van der Waals surface area contributed by atoms with E-state index in [1.807, 2.05) is 13.8 Å². The largest absolute Gasteiger partial charge is 0.452 e. The van der Waals surface area contributed by atoms with E-state index >= 15 is 0 Å². The zero-order chi connectivity index (χ0) is 20.4. The van der Waals surface area contributed by atoms with Crippen LogP contribution in [0.3, 0.4) is 0 Å². The predicted octanol–water partition coefficient (Wildman–Crippen LogP) is 1.04. The number of nitrogens with zero attached hydrogens (tertiary/aromatic N) is 2. The molecule has 27 heavy (non-hydrogen) atoms. The van der Waals surface area contributed by atoms with E-state index in [0.717, 1.165) is 4.31 Å². The molecule has 1 fully saturated rings. The van der Waals surface area contributed by atoms with Crippen molar-refractivity contribution in [1.82, 2.24) is 9.21 Å². The Balaban J connectivity index is 2.09. The first kappa shape index (κ1) is 21.3. The topological polar surface area (TPSA) is 93.2 Å². The van der Waals surface area contributed by atoms with Crippen molar-refractivity contribution in [1.29, 1.82) is 0 Å². The lowest BCUT2D eigenvalue weighted by Crippen LogP contribution is -2.49. The average Bonchev–Trinajstić information content (AvgIpc) is 2.58. The third kappa shape index (κ3) is 5.06. The van der Waals surface area contributed by atoms with Crippen LogP contribution in [0.25, 0.3) is 0 Å². The van der Waals surface area contributed by atoms with Gasteiger partial charge in [-0.1, -0.05) is 6.07 Å². The molecular weight excluding hydrogens is 372 g/mol. The average molecular weight is 398 g/mol. The Morgan fingerprint density at radius 1 is 1.22 bits per heavy atom. The number of aryl methyl sites for hydroxylation is 1. The molecule has 2 atom stereocenters. The van der Waals surface area contributed by atoms with Gasteiger partial charge in [0.2, 0.25) is 10.0 Å². The number of hydrogen-bond donors (Lipinski definition) is 0. The summed E-state index contributed by atoms with van der Waals surface area (Å²) in [4.78, 5) is 26.3. The van der Waals surface area contributed by atoms with Crippen LogP contribution in [0.15, 0.2) is 23.1 Å². The summed E-state index contributed by atoms with van der Waals surface area (Å²) in [6.45, 7) is 5.91. The van der Waals surface area contributed by atoms with Crippen LogP contribution >= 0.6 is 0 Å². The molecular formula is C18H26N2O6S. The number of esters is 1. The number of rotatable bonds is 5. The fraction of sp³-hybridized carbons (Fsp3) is 0.556. The molecule has 1 heterocycles. The van der Waals surface area contributed by atoms with Crippen molar-refractivity contribution in [2.75, 3.05) is 33.8 Å². The number of benzene rings is 1. The van der Waals surface area contributed by atoms with Crippen LogP contribution in [0.5, 0.6) is 0 Å². The highest BCUT2D eigenvalue weighted by Crippen LogP contribution is 2.19. The van der Waals surface area contributed by atoms with Crippen LogP contribution in [0.1, 0.15) is 29.8 Å². The van der Waals surface area contributed by atoms with Gasteiger partial charge < -0.3 is 14.4 Å². The Kier molecular flexibility index (Phi) is 6.61. The number of sulfonamides is 1. The summed E-state index contributed by atoms with van der Waals surface area (Å²) in [5, 5.41) is 0. The van der Waals surface area contributed by atoms with Gasteiger partial charge in [0, 0.05) is 27.2 Å². The van der Waals surface area contributed by atoms with Crippen LogP contribution in [-0.2, 0) is 24.3 Å². The van der Waals surface area contributed by atoms with Gasteiger partial charge in [-0.25, -0.2) is 17.5 Å². The molecule has 9 heteroatoms. The van der Waals surface area contributed by atoms with Gasteiger partial charge in [-0.2, -0.15) is 0 Å². The molecule has 0 aliphatic carbocycles. The van der Waals surface area contributed by atoms with Crippen molar-refractivity contribution >= 4 is 21.9 Å². The maximum atomic E-state index is 12.4. The SMILES string of the molecule is Cc1ccc(S(=O)(=O)N(C)C)cc1C(=O)OCC(=O)N1C[C@H](C)O[C@@H](C)C1. The molecule has 1 aromatic rings. The van der Waals surface area contributed by atoms with E-state index in [1.54, 1.807) is 17.9 Å². The van der Waals surface area contributed by atoms with Crippen molar-refractivity contribution in [3.05, 3.63) is 29.3 Å². The molecule has 1 aliphatic rings. The van der Waals surface area contributed by atoms with Gasteiger partial charge in [0.15, 0.2) is 6.61 Å². The molecule has 0 bridgehead atoms. The number of ether oxygens (including phenoxy) is 2. The van der Waals surface area contributed by atoms with Crippen molar-refractivity contribution in [2.45, 2.75) is 37.9 Å². The van der Waals surface area contributed by atoms with Crippen LogP contribution < -0.4 is 0 Å². The standard InChI is InChI=1S/C18H26N2O6S/c1-12-6-7-15(27(23,24)19(4)5)8-16(12)18(22)25-11-17(21)20-9-13(2)26-14(3)10-20/h6-8,13-14H,9-11H2,1-5H3/t13-,14-/m0/s1. The van der Waals surface area contributed by atoms with E-state index in [4.69, 9.17) is 9.47 Å². The molecule has 150 valence electrons. The summed E-state index contributed by atoms with van der Waals surface area (Å²) in [6.07, 6.45) is -0.160. The molecule has 1 amide bonds. The molecule has 8 nitrogen and oxygen atoms in total. The van der Waals surface area contributed by atoms with Gasteiger partial charge >= 0.3 is 5.97 Å². The van der Waals surface area contributed by atoms with E-state index in [-0.39, 0.29) is 28.6 Å². The van der Waals surface area contributed by atoms with Crippen LogP contribution in [-0.4, -0.2) is 75.5 Å². The van der Waals surface area contributed by atoms with Crippen molar-refractivity contribution in [3.8, 4) is 0 Å². The number of amides is 1. The maximum Gasteiger partial charge on any atom is 0.338 e. The number of carbonyl (C=O) groups excluding carboxylic acids is 2.